The van der Waals surface area contributed by atoms with Crippen LogP contribution in [-0.4, -0.2) is 73.3 Å². The molecule has 2 aliphatic rings. The van der Waals surface area contributed by atoms with Gasteiger partial charge in [-0.15, -0.1) is 0 Å². The lowest BCUT2D eigenvalue weighted by atomic mass is 10.1. The number of hydrogen-bond acceptors (Lipinski definition) is 4. The fourth-order valence-electron chi connectivity index (χ4n) is 3.56. The van der Waals surface area contributed by atoms with Gasteiger partial charge in [-0.1, -0.05) is 6.07 Å². The number of rotatable bonds is 5. The van der Waals surface area contributed by atoms with Gasteiger partial charge in [0, 0.05) is 39.3 Å². The quantitative estimate of drug-likeness (QED) is 0.615. The molecule has 1 atom stereocenters. The van der Waals surface area contributed by atoms with E-state index in [2.05, 4.69) is 27.0 Å². The molecule has 1 aromatic rings. The molecule has 2 saturated heterocycles. The number of nitrogens with zero attached hydrogens (tertiary/aromatic N) is 3. The van der Waals surface area contributed by atoms with Crippen molar-refractivity contribution in [3.63, 3.8) is 0 Å². The van der Waals surface area contributed by atoms with Gasteiger partial charge in [-0.05, 0) is 37.0 Å². The molecule has 144 valence electrons. The molecule has 0 aliphatic carbocycles. The Labute approximate surface area is 154 Å². The zero-order valence-corrected chi connectivity index (χ0v) is 15.5. The minimum absolute atomic E-state index is 0.324. The summed E-state index contributed by atoms with van der Waals surface area (Å²) in [6, 6.07) is 4.42. The van der Waals surface area contributed by atoms with Crippen molar-refractivity contribution in [3.05, 3.63) is 29.6 Å². The Hall–Kier alpha value is -1.86. The summed E-state index contributed by atoms with van der Waals surface area (Å²) in [6.07, 6.45) is 1.16. The van der Waals surface area contributed by atoms with Crippen molar-refractivity contribution < 1.29 is 14.2 Å². The zero-order chi connectivity index (χ0) is 18.4. The molecule has 2 fully saturated rings. The summed E-state index contributed by atoms with van der Waals surface area (Å²) in [4.78, 5) is 9.45. The highest BCUT2D eigenvalue weighted by Gasteiger charge is 2.27. The van der Waals surface area contributed by atoms with Crippen LogP contribution in [0.2, 0.25) is 0 Å². The van der Waals surface area contributed by atoms with Crippen LogP contribution in [0.15, 0.2) is 23.2 Å². The second-order valence-corrected chi connectivity index (χ2v) is 6.97. The number of aromatic hydroxyl groups is 1. The molecule has 6 nitrogen and oxygen atoms in total. The number of aliphatic imine (C=N–C) groups is 1. The van der Waals surface area contributed by atoms with Gasteiger partial charge in [-0.3, -0.25) is 4.90 Å². The highest BCUT2D eigenvalue weighted by atomic mass is 19.1. The molecular formula is C19H29FN4O2. The predicted octanol–water partition coefficient (Wildman–Crippen LogP) is 1.65. The third kappa shape index (κ3) is 5.08. The first-order chi connectivity index (χ1) is 12.7. The molecule has 2 aliphatic heterocycles. The van der Waals surface area contributed by atoms with Gasteiger partial charge in [0.2, 0.25) is 0 Å². The Bertz CT molecular complexity index is 620. The normalized spacial score (nSPS) is 22.0. The summed E-state index contributed by atoms with van der Waals surface area (Å²) >= 11 is 0. The number of phenols is 1. The van der Waals surface area contributed by atoms with E-state index in [1.807, 2.05) is 0 Å². The van der Waals surface area contributed by atoms with Crippen LogP contribution in [0.5, 0.6) is 5.75 Å². The Kier molecular flexibility index (Phi) is 6.68. The molecule has 1 aromatic carbocycles. The number of phenolic OH excluding ortho intramolecular Hbond substituents is 1. The lowest BCUT2D eigenvalue weighted by Crippen LogP contribution is -2.42. The molecule has 2 heterocycles. The van der Waals surface area contributed by atoms with Crippen LogP contribution in [0.4, 0.5) is 4.39 Å². The fourth-order valence-corrected chi connectivity index (χ4v) is 3.56. The maximum Gasteiger partial charge on any atom is 0.194 e. The molecule has 0 aromatic heterocycles. The van der Waals surface area contributed by atoms with E-state index in [-0.39, 0.29) is 5.75 Å². The molecule has 3 rings (SSSR count). The molecular weight excluding hydrogens is 335 g/mol. The topological polar surface area (TPSA) is 60.3 Å². The third-order valence-corrected chi connectivity index (χ3v) is 4.96. The van der Waals surface area contributed by atoms with E-state index in [0.717, 1.165) is 70.4 Å². The third-order valence-electron chi connectivity index (χ3n) is 4.96. The average Bonchev–Trinajstić information content (AvgIpc) is 3.10. The van der Waals surface area contributed by atoms with E-state index in [0.29, 0.717) is 12.5 Å². The predicted molar refractivity (Wildman–Crippen MR) is 99.8 cm³/mol. The second-order valence-electron chi connectivity index (χ2n) is 6.97. The summed E-state index contributed by atoms with van der Waals surface area (Å²) < 4.78 is 18.9. The van der Waals surface area contributed by atoms with Gasteiger partial charge < -0.3 is 20.1 Å². The standard InChI is InChI=1S/C19H29FN4O2/c1-2-21-19(22-12-15-3-4-18(25)17(20)11-15)24-6-5-16(14-24)13-23-7-9-26-10-8-23/h3-4,11,16,25H,2,5-10,12-14H2,1H3,(H,21,22). The first kappa shape index (κ1) is 18.9. The van der Waals surface area contributed by atoms with Crippen molar-refractivity contribution in [3.8, 4) is 5.75 Å². The summed E-state index contributed by atoms with van der Waals surface area (Å²) in [5.41, 5.74) is 0.750. The van der Waals surface area contributed by atoms with Crippen LogP contribution in [0.3, 0.4) is 0 Å². The van der Waals surface area contributed by atoms with Crippen LogP contribution in [0.1, 0.15) is 18.9 Å². The van der Waals surface area contributed by atoms with E-state index in [1.54, 1.807) is 6.07 Å². The number of hydrogen-bond donors (Lipinski definition) is 2. The first-order valence-electron chi connectivity index (χ1n) is 9.46. The van der Waals surface area contributed by atoms with Gasteiger partial charge in [0.15, 0.2) is 17.5 Å². The number of benzene rings is 1. The monoisotopic (exact) mass is 364 g/mol. The van der Waals surface area contributed by atoms with Crippen molar-refractivity contribution in [1.82, 2.24) is 15.1 Å². The van der Waals surface area contributed by atoms with Gasteiger partial charge in [-0.25, -0.2) is 9.38 Å². The molecule has 1 unspecified atom stereocenters. The minimum Gasteiger partial charge on any atom is -0.505 e. The van der Waals surface area contributed by atoms with Gasteiger partial charge in [-0.2, -0.15) is 0 Å². The Morgan fingerprint density at radius 2 is 2.15 bits per heavy atom. The lowest BCUT2D eigenvalue weighted by molar-refractivity contribution is 0.0315. The van der Waals surface area contributed by atoms with Crippen molar-refractivity contribution in [2.24, 2.45) is 10.9 Å². The number of likely N-dealkylation sites (tertiary alicyclic amines) is 1. The van der Waals surface area contributed by atoms with Crippen molar-refractivity contribution >= 4 is 5.96 Å². The van der Waals surface area contributed by atoms with E-state index < -0.39 is 5.82 Å². The van der Waals surface area contributed by atoms with Crippen LogP contribution < -0.4 is 5.32 Å². The van der Waals surface area contributed by atoms with Gasteiger partial charge in [0.05, 0.1) is 19.8 Å². The van der Waals surface area contributed by atoms with Crippen LogP contribution in [-0.2, 0) is 11.3 Å². The van der Waals surface area contributed by atoms with Gasteiger partial charge in [0.1, 0.15) is 0 Å². The molecule has 26 heavy (non-hydrogen) atoms. The zero-order valence-electron chi connectivity index (χ0n) is 15.5. The number of morpholine rings is 1. The number of nitrogens with one attached hydrogen (secondary N) is 1. The number of halogens is 1. The Morgan fingerprint density at radius 3 is 2.88 bits per heavy atom. The Morgan fingerprint density at radius 1 is 1.35 bits per heavy atom. The van der Waals surface area contributed by atoms with E-state index in [9.17, 15) is 9.50 Å². The molecule has 0 amide bonds. The van der Waals surface area contributed by atoms with Crippen molar-refractivity contribution in [1.29, 1.82) is 0 Å². The fraction of sp³-hybridized carbons (Fsp3) is 0.632. The number of ether oxygens (including phenoxy) is 1. The van der Waals surface area contributed by atoms with Gasteiger partial charge in [0.25, 0.3) is 0 Å². The highest BCUT2D eigenvalue weighted by molar-refractivity contribution is 5.80. The van der Waals surface area contributed by atoms with Crippen molar-refractivity contribution in [2.45, 2.75) is 19.9 Å². The summed E-state index contributed by atoms with van der Waals surface area (Å²) in [5, 5.41) is 12.6. The summed E-state index contributed by atoms with van der Waals surface area (Å²) in [6.45, 7) is 10.1. The highest BCUT2D eigenvalue weighted by Crippen LogP contribution is 2.19. The maximum atomic E-state index is 13.5. The Balaban J connectivity index is 1.57. The molecule has 7 heteroatoms. The van der Waals surface area contributed by atoms with E-state index in [4.69, 9.17) is 4.74 Å². The van der Waals surface area contributed by atoms with Crippen molar-refractivity contribution in [2.75, 3.05) is 52.5 Å². The summed E-state index contributed by atoms with van der Waals surface area (Å²) in [7, 11) is 0. The number of guanidine groups is 1. The molecule has 0 spiro atoms. The molecule has 2 N–H and O–H groups in total. The van der Waals surface area contributed by atoms with Crippen LogP contribution in [0.25, 0.3) is 0 Å². The minimum atomic E-state index is -0.602. The molecule has 0 radical (unpaired) electrons. The maximum absolute atomic E-state index is 13.5. The van der Waals surface area contributed by atoms with E-state index >= 15 is 0 Å². The smallest absolute Gasteiger partial charge is 0.194 e. The largest absolute Gasteiger partial charge is 0.505 e. The van der Waals surface area contributed by atoms with Crippen LogP contribution in [0, 0.1) is 11.7 Å². The molecule has 0 saturated carbocycles. The van der Waals surface area contributed by atoms with E-state index in [1.165, 1.54) is 12.1 Å². The summed E-state index contributed by atoms with van der Waals surface area (Å²) in [5.74, 6) is 0.595. The lowest BCUT2D eigenvalue weighted by Gasteiger charge is -2.29. The second kappa shape index (κ2) is 9.19. The molecule has 0 bridgehead atoms. The van der Waals surface area contributed by atoms with Crippen LogP contribution >= 0.6 is 0 Å². The SMILES string of the molecule is CCNC(=NCc1ccc(O)c(F)c1)N1CCC(CN2CCOCC2)C1. The average molecular weight is 364 g/mol. The first-order valence-corrected chi connectivity index (χ1v) is 9.46. The van der Waals surface area contributed by atoms with Gasteiger partial charge >= 0.3 is 0 Å².